The first-order valence-electron chi connectivity index (χ1n) is 7.35. The van der Waals surface area contributed by atoms with Crippen LogP contribution in [0, 0.1) is 5.82 Å². The van der Waals surface area contributed by atoms with E-state index in [0.717, 1.165) is 0 Å². The fourth-order valence-electron chi connectivity index (χ4n) is 2.12. The highest BCUT2D eigenvalue weighted by atomic mass is 79.9. The predicted molar refractivity (Wildman–Crippen MR) is 92.7 cm³/mol. The van der Waals surface area contributed by atoms with Gasteiger partial charge in [-0.25, -0.2) is 22.6 Å². The van der Waals surface area contributed by atoms with Crippen LogP contribution in [0.5, 0.6) is 0 Å². The first-order chi connectivity index (χ1) is 12.3. The number of hydrogen-bond acceptors (Lipinski definition) is 8. The number of primary sulfonamides is 1. The molecule has 0 aliphatic carbocycles. The molecule has 2 rings (SSSR count). The summed E-state index contributed by atoms with van der Waals surface area (Å²) in [6.07, 6.45) is 0.964. The molecule has 0 amide bonds. The van der Waals surface area contributed by atoms with E-state index in [1.54, 1.807) is 12.1 Å². The molecule has 9 nitrogen and oxygen atoms in total. The van der Waals surface area contributed by atoms with Gasteiger partial charge in [0.2, 0.25) is 10.0 Å². The van der Waals surface area contributed by atoms with E-state index in [1.807, 2.05) is 0 Å². The third-order valence-corrected chi connectivity index (χ3v) is 4.36. The van der Waals surface area contributed by atoms with Crippen LogP contribution in [-0.2, 0) is 27.6 Å². The number of aromatic nitrogens is 2. The number of aryl methyl sites for hydroxylation is 1. The Bertz CT molecular complexity index is 887. The van der Waals surface area contributed by atoms with Crippen molar-refractivity contribution in [1.82, 2.24) is 10.3 Å². The van der Waals surface area contributed by atoms with Crippen molar-refractivity contribution in [2.75, 3.05) is 12.5 Å². The Balaban J connectivity index is 1.99. The Morgan fingerprint density at radius 1 is 1.42 bits per heavy atom. The van der Waals surface area contributed by atoms with Gasteiger partial charge in [-0.15, -0.1) is 0 Å². The molecule has 3 N–H and O–H groups in total. The highest BCUT2D eigenvalue weighted by molar-refractivity contribution is 9.10. The van der Waals surface area contributed by atoms with Gasteiger partial charge in [0.25, 0.3) is 0 Å². The third kappa shape index (κ3) is 6.12. The molecule has 0 bridgehead atoms. The molecule has 0 atom stereocenters. The van der Waals surface area contributed by atoms with Crippen molar-refractivity contribution in [2.24, 2.45) is 10.3 Å². The Morgan fingerprint density at radius 2 is 2.19 bits per heavy atom. The zero-order valence-corrected chi connectivity index (χ0v) is 15.8. The van der Waals surface area contributed by atoms with Gasteiger partial charge in [0, 0.05) is 13.0 Å². The number of ether oxygens (including phenoxy) is 1. The maximum atomic E-state index is 13.3. The molecular weight excluding hydrogens is 435 g/mol. The topological polar surface area (TPSA) is 141 Å². The summed E-state index contributed by atoms with van der Waals surface area (Å²) in [4.78, 5) is 0. The fourth-order valence-corrected chi connectivity index (χ4v) is 2.89. The van der Waals surface area contributed by atoms with Crippen molar-refractivity contribution in [3.8, 4) is 0 Å². The number of benzene rings is 1. The molecule has 1 heterocycles. The second kappa shape index (κ2) is 9.16. The summed E-state index contributed by atoms with van der Waals surface area (Å²) < 4.78 is 44.8. The minimum absolute atomic E-state index is 0.138. The van der Waals surface area contributed by atoms with Gasteiger partial charge in [-0.05, 0) is 51.6 Å². The highest BCUT2D eigenvalue weighted by Gasteiger charge is 2.18. The number of halogens is 2. The van der Waals surface area contributed by atoms with Gasteiger partial charge in [-0.2, -0.15) is 0 Å². The van der Waals surface area contributed by atoms with Gasteiger partial charge in [0.1, 0.15) is 17.2 Å². The third-order valence-electron chi connectivity index (χ3n) is 3.26. The van der Waals surface area contributed by atoms with Gasteiger partial charge in [-0.3, -0.25) is 0 Å². The maximum absolute atomic E-state index is 13.3. The summed E-state index contributed by atoms with van der Waals surface area (Å²) in [5.41, 5.74) is 1.58. The normalized spacial score (nSPS) is 12.5. The predicted octanol–water partition coefficient (Wildman–Crippen LogP) is 1.59. The van der Waals surface area contributed by atoms with Crippen LogP contribution in [0.1, 0.15) is 23.4 Å². The molecule has 0 spiro atoms. The Kier molecular flexibility index (Phi) is 7.20. The van der Waals surface area contributed by atoms with E-state index in [2.05, 4.69) is 31.4 Å². The van der Waals surface area contributed by atoms with Crippen molar-refractivity contribution < 1.29 is 27.4 Å². The van der Waals surface area contributed by atoms with Crippen LogP contribution in [0.15, 0.2) is 32.5 Å². The van der Waals surface area contributed by atoms with Crippen molar-refractivity contribution in [1.29, 1.82) is 0 Å². The van der Waals surface area contributed by atoms with Gasteiger partial charge in [-0.1, -0.05) is 16.4 Å². The van der Waals surface area contributed by atoms with Crippen LogP contribution in [0.25, 0.3) is 0 Å². The number of nitrogens with zero attached hydrogens (tertiary/aromatic N) is 3. The first kappa shape index (κ1) is 20.4. The average molecular weight is 451 g/mol. The SMILES string of the molecule is NS(=O)(=O)COCCCc1nonc1/C(Cc1ccc(F)c(Br)c1)=N/O. The molecule has 0 fully saturated rings. The van der Waals surface area contributed by atoms with Crippen molar-refractivity contribution >= 4 is 31.7 Å². The minimum atomic E-state index is -3.68. The second-order valence-corrected chi connectivity index (χ2v) is 7.74. The molecule has 0 aliphatic heterocycles. The Morgan fingerprint density at radius 3 is 2.85 bits per heavy atom. The molecule has 142 valence electrons. The lowest BCUT2D eigenvalue weighted by molar-refractivity contribution is 0.173. The summed E-state index contributed by atoms with van der Waals surface area (Å²) in [6.45, 7) is 0.138. The molecule has 0 saturated heterocycles. The van der Waals surface area contributed by atoms with Crippen molar-refractivity contribution in [3.63, 3.8) is 0 Å². The monoisotopic (exact) mass is 450 g/mol. The van der Waals surface area contributed by atoms with Crippen LogP contribution < -0.4 is 5.14 Å². The van der Waals surface area contributed by atoms with E-state index in [0.29, 0.717) is 24.1 Å². The molecule has 2 aromatic rings. The lowest BCUT2D eigenvalue weighted by atomic mass is 10.0. The molecular formula is C14H16BrFN4O5S. The second-order valence-electron chi connectivity index (χ2n) is 5.32. The van der Waals surface area contributed by atoms with E-state index in [9.17, 15) is 18.0 Å². The molecule has 1 aromatic carbocycles. The van der Waals surface area contributed by atoms with Crippen LogP contribution in [-0.4, -0.2) is 42.2 Å². The summed E-state index contributed by atoms with van der Waals surface area (Å²) in [7, 11) is -3.68. The van der Waals surface area contributed by atoms with Crippen LogP contribution in [0.4, 0.5) is 4.39 Å². The Hall–Kier alpha value is -1.89. The summed E-state index contributed by atoms with van der Waals surface area (Å²) in [6, 6.07) is 4.41. The molecule has 1 aromatic heterocycles. The quantitative estimate of drug-likeness (QED) is 0.255. The van der Waals surface area contributed by atoms with E-state index in [4.69, 9.17) is 14.5 Å². The zero-order valence-electron chi connectivity index (χ0n) is 13.4. The summed E-state index contributed by atoms with van der Waals surface area (Å²) in [5.74, 6) is -0.973. The van der Waals surface area contributed by atoms with Crippen molar-refractivity contribution in [2.45, 2.75) is 19.3 Å². The number of rotatable bonds is 9. The van der Waals surface area contributed by atoms with E-state index >= 15 is 0 Å². The molecule has 0 aliphatic rings. The van der Waals surface area contributed by atoms with Crippen molar-refractivity contribution in [3.05, 3.63) is 45.4 Å². The van der Waals surface area contributed by atoms with Crippen LogP contribution in [0.3, 0.4) is 0 Å². The first-order valence-corrected chi connectivity index (χ1v) is 9.86. The number of sulfonamides is 1. The molecule has 26 heavy (non-hydrogen) atoms. The lowest BCUT2D eigenvalue weighted by Gasteiger charge is -2.05. The largest absolute Gasteiger partial charge is 0.411 e. The van der Waals surface area contributed by atoms with E-state index in [1.165, 1.54) is 6.07 Å². The molecule has 12 heteroatoms. The Labute approximate surface area is 157 Å². The molecule has 0 unspecified atom stereocenters. The average Bonchev–Trinajstić information content (AvgIpc) is 3.03. The lowest BCUT2D eigenvalue weighted by Crippen LogP contribution is -2.19. The highest BCUT2D eigenvalue weighted by Crippen LogP contribution is 2.19. The van der Waals surface area contributed by atoms with E-state index in [-0.39, 0.29) is 28.9 Å². The van der Waals surface area contributed by atoms with Crippen LogP contribution >= 0.6 is 15.9 Å². The van der Waals surface area contributed by atoms with Gasteiger partial charge in [0.05, 0.1) is 4.47 Å². The summed E-state index contributed by atoms with van der Waals surface area (Å²) in [5, 5.41) is 24.9. The van der Waals surface area contributed by atoms with Gasteiger partial charge in [0.15, 0.2) is 11.6 Å². The number of oxime groups is 1. The van der Waals surface area contributed by atoms with Crippen LogP contribution in [0.2, 0.25) is 0 Å². The molecule has 0 radical (unpaired) electrons. The standard InChI is InChI=1S/C14H16BrFN4O5S/c15-10-6-9(3-4-11(10)16)7-13(18-21)14-12(19-25-20-14)2-1-5-24-8-26(17,22)23/h3-4,6,21H,1-2,5,7-8H2,(H2,17,22,23)/b18-13+. The number of nitrogens with two attached hydrogens (primary N) is 1. The molecule has 0 saturated carbocycles. The number of hydrogen-bond donors (Lipinski definition) is 2. The smallest absolute Gasteiger partial charge is 0.233 e. The minimum Gasteiger partial charge on any atom is -0.411 e. The fraction of sp³-hybridized carbons (Fsp3) is 0.357. The van der Waals surface area contributed by atoms with Gasteiger partial charge >= 0.3 is 0 Å². The van der Waals surface area contributed by atoms with E-state index < -0.39 is 21.8 Å². The summed E-state index contributed by atoms with van der Waals surface area (Å²) >= 11 is 3.09. The maximum Gasteiger partial charge on any atom is 0.233 e. The zero-order chi connectivity index (χ0) is 19.2. The van der Waals surface area contributed by atoms with Gasteiger partial charge < -0.3 is 9.94 Å².